The molecular formula is C12H26N2. The molecule has 1 saturated heterocycles. The van der Waals surface area contributed by atoms with Crippen LogP contribution in [0.2, 0.25) is 0 Å². The summed E-state index contributed by atoms with van der Waals surface area (Å²) in [4.78, 5) is 2.53. The average molecular weight is 198 g/mol. The fraction of sp³-hybridized carbons (Fsp3) is 1.00. The van der Waals surface area contributed by atoms with E-state index >= 15 is 0 Å². The van der Waals surface area contributed by atoms with Crippen LogP contribution in [0.15, 0.2) is 0 Å². The second-order valence-corrected chi connectivity index (χ2v) is 5.04. The van der Waals surface area contributed by atoms with Gasteiger partial charge in [-0.2, -0.15) is 0 Å². The van der Waals surface area contributed by atoms with E-state index in [1.54, 1.807) is 0 Å². The molecule has 0 aliphatic carbocycles. The minimum Gasteiger partial charge on any atom is -0.312 e. The molecular weight excluding hydrogens is 172 g/mol. The van der Waals surface area contributed by atoms with E-state index in [2.05, 4.69) is 45.0 Å². The van der Waals surface area contributed by atoms with Crippen LogP contribution >= 0.6 is 0 Å². The minimum atomic E-state index is 0.701. The Bertz CT molecular complexity index is 168. The normalized spacial score (nSPS) is 36.0. The molecule has 14 heavy (non-hydrogen) atoms. The van der Waals surface area contributed by atoms with Gasteiger partial charge in [0.2, 0.25) is 0 Å². The summed E-state index contributed by atoms with van der Waals surface area (Å²) in [5.74, 6) is 1.51. The number of likely N-dealkylation sites (N-methyl/N-ethyl adjacent to an activating group) is 1. The number of rotatable bonds is 2. The van der Waals surface area contributed by atoms with Crippen molar-refractivity contribution in [3.8, 4) is 0 Å². The monoisotopic (exact) mass is 198 g/mol. The molecule has 2 nitrogen and oxygen atoms in total. The third kappa shape index (κ3) is 2.48. The van der Waals surface area contributed by atoms with Crippen LogP contribution in [0.5, 0.6) is 0 Å². The van der Waals surface area contributed by atoms with Gasteiger partial charge in [0.05, 0.1) is 0 Å². The Hall–Kier alpha value is -0.0800. The van der Waals surface area contributed by atoms with Crippen LogP contribution in [0.4, 0.5) is 0 Å². The quantitative estimate of drug-likeness (QED) is 0.730. The molecule has 3 atom stereocenters. The van der Waals surface area contributed by atoms with E-state index in [1.165, 1.54) is 13.0 Å². The molecule has 1 aliphatic heterocycles. The Balaban J connectivity index is 2.74. The molecule has 1 heterocycles. The first-order valence-electron chi connectivity index (χ1n) is 6.01. The molecule has 1 aliphatic rings. The molecule has 1 N–H and O–H groups in total. The maximum Gasteiger partial charge on any atom is 0.0156 e. The van der Waals surface area contributed by atoms with E-state index in [0.717, 1.165) is 24.4 Å². The molecule has 2 heteroatoms. The van der Waals surface area contributed by atoms with Gasteiger partial charge in [0.25, 0.3) is 0 Å². The van der Waals surface area contributed by atoms with Crippen molar-refractivity contribution >= 4 is 0 Å². The molecule has 0 saturated carbocycles. The Morgan fingerprint density at radius 2 is 2.07 bits per heavy atom. The van der Waals surface area contributed by atoms with E-state index in [0.29, 0.717) is 6.04 Å². The molecule has 1 rings (SSSR count). The molecule has 84 valence electrons. The lowest BCUT2D eigenvalue weighted by molar-refractivity contribution is 0.142. The van der Waals surface area contributed by atoms with Crippen LogP contribution in [0, 0.1) is 11.8 Å². The fourth-order valence-corrected chi connectivity index (χ4v) is 3.03. The number of nitrogens with one attached hydrogen (secondary N) is 1. The highest BCUT2D eigenvalue weighted by Crippen LogP contribution is 2.24. The third-order valence-electron chi connectivity index (χ3n) is 3.68. The second kappa shape index (κ2) is 5.13. The highest BCUT2D eigenvalue weighted by atomic mass is 15.2. The first-order valence-corrected chi connectivity index (χ1v) is 6.01. The van der Waals surface area contributed by atoms with Crippen molar-refractivity contribution in [3.05, 3.63) is 0 Å². The van der Waals surface area contributed by atoms with Crippen molar-refractivity contribution in [2.24, 2.45) is 11.8 Å². The summed E-state index contributed by atoms with van der Waals surface area (Å²) >= 11 is 0. The van der Waals surface area contributed by atoms with E-state index < -0.39 is 0 Å². The lowest BCUT2D eigenvalue weighted by atomic mass is 9.85. The van der Waals surface area contributed by atoms with Gasteiger partial charge < -0.3 is 10.2 Å². The van der Waals surface area contributed by atoms with Crippen LogP contribution in [0.25, 0.3) is 0 Å². The Morgan fingerprint density at radius 3 is 2.57 bits per heavy atom. The summed E-state index contributed by atoms with van der Waals surface area (Å²) in [5, 5.41) is 3.65. The van der Waals surface area contributed by atoms with Crippen LogP contribution in [-0.2, 0) is 0 Å². The van der Waals surface area contributed by atoms with Crippen molar-refractivity contribution < 1.29 is 0 Å². The van der Waals surface area contributed by atoms with Gasteiger partial charge in [0.1, 0.15) is 0 Å². The lowest BCUT2D eigenvalue weighted by Crippen LogP contribution is -2.44. The van der Waals surface area contributed by atoms with Crippen LogP contribution < -0.4 is 5.32 Å². The fourth-order valence-electron chi connectivity index (χ4n) is 3.03. The van der Waals surface area contributed by atoms with E-state index in [4.69, 9.17) is 0 Å². The second-order valence-electron chi connectivity index (χ2n) is 5.04. The summed E-state index contributed by atoms with van der Waals surface area (Å²) in [6, 6.07) is 1.43. The summed E-state index contributed by atoms with van der Waals surface area (Å²) in [5.41, 5.74) is 0. The van der Waals surface area contributed by atoms with Crippen molar-refractivity contribution in [3.63, 3.8) is 0 Å². The smallest absolute Gasteiger partial charge is 0.0156 e. The third-order valence-corrected chi connectivity index (χ3v) is 3.68. The van der Waals surface area contributed by atoms with Crippen molar-refractivity contribution in [2.75, 3.05) is 20.1 Å². The predicted octanol–water partition coefficient (Wildman–Crippen LogP) is 1.96. The van der Waals surface area contributed by atoms with E-state index in [9.17, 15) is 0 Å². The van der Waals surface area contributed by atoms with Gasteiger partial charge in [-0.25, -0.2) is 0 Å². The van der Waals surface area contributed by atoms with E-state index in [-0.39, 0.29) is 0 Å². The molecule has 0 aromatic heterocycles. The molecule has 0 spiro atoms. The van der Waals surface area contributed by atoms with Crippen molar-refractivity contribution in [1.82, 2.24) is 10.2 Å². The van der Waals surface area contributed by atoms with E-state index in [1.807, 2.05) is 0 Å². The molecule has 0 amide bonds. The molecule has 0 bridgehead atoms. The molecule has 0 aromatic carbocycles. The van der Waals surface area contributed by atoms with Gasteiger partial charge in [-0.05, 0) is 25.3 Å². The molecule has 1 unspecified atom stereocenters. The summed E-state index contributed by atoms with van der Waals surface area (Å²) in [7, 11) is 2.26. The molecule has 1 fully saturated rings. The van der Waals surface area contributed by atoms with Gasteiger partial charge in [0, 0.05) is 25.2 Å². The maximum atomic E-state index is 3.65. The largest absolute Gasteiger partial charge is 0.312 e. The number of hydrogen-bond donors (Lipinski definition) is 1. The SMILES string of the molecule is CCC1NCCN(C)[C@@H](C(C)C)[C@@H]1C. The average Bonchev–Trinajstić information content (AvgIpc) is 2.24. The minimum absolute atomic E-state index is 0.701. The summed E-state index contributed by atoms with van der Waals surface area (Å²) in [6.45, 7) is 11.7. The van der Waals surface area contributed by atoms with Crippen LogP contribution in [0.3, 0.4) is 0 Å². The zero-order valence-corrected chi connectivity index (χ0v) is 10.4. The zero-order valence-electron chi connectivity index (χ0n) is 10.4. The highest BCUT2D eigenvalue weighted by Gasteiger charge is 2.31. The first-order chi connectivity index (χ1) is 6.57. The van der Waals surface area contributed by atoms with Crippen molar-refractivity contribution in [2.45, 2.75) is 46.2 Å². The lowest BCUT2D eigenvalue weighted by Gasteiger charge is -2.36. The van der Waals surface area contributed by atoms with Crippen LogP contribution in [-0.4, -0.2) is 37.1 Å². The summed E-state index contributed by atoms with van der Waals surface area (Å²) in [6.07, 6.45) is 1.25. The Labute approximate surface area is 89.1 Å². The Morgan fingerprint density at radius 1 is 1.43 bits per heavy atom. The summed E-state index contributed by atoms with van der Waals surface area (Å²) < 4.78 is 0. The zero-order chi connectivity index (χ0) is 10.7. The Kier molecular flexibility index (Phi) is 4.39. The number of hydrogen-bond acceptors (Lipinski definition) is 2. The predicted molar refractivity (Wildman–Crippen MR) is 62.5 cm³/mol. The van der Waals surface area contributed by atoms with Gasteiger partial charge in [-0.15, -0.1) is 0 Å². The molecule has 0 radical (unpaired) electrons. The first kappa shape index (κ1) is 12.0. The van der Waals surface area contributed by atoms with Gasteiger partial charge in [0.15, 0.2) is 0 Å². The standard InChI is InChI=1S/C12H26N2/c1-6-11-10(4)12(9(2)3)14(5)8-7-13-11/h9-13H,6-8H2,1-5H3/t10-,11?,12+/m1/s1. The maximum absolute atomic E-state index is 3.65. The van der Waals surface area contributed by atoms with Gasteiger partial charge >= 0.3 is 0 Å². The topological polar surface area (TPSA) is 15.3 Å². The van der Waals surface area contributed by atoms with Crippen molar-refractivity contribution in [1.29, 1.82) is 0 Å². The highest BCUT2D eigenvalue weighted by molar-refractivity contribution is 4.88. The van der Waals surface area contributed by atoms with Crippen LogP contribution in [0.1, 0.15) is 34.1 Å². The molecule has 0 aromatic rings. The van der Waals surface area contributed by atoms with Gasteiger partial charge in [-0.3, -0.25) is 0 Å². The number of nitrogens with zero attached hydrogens (tertiary/aromatic N) is 1. The van der Waals surface area contributed by atoms with Gasteiger partial charge in [-0.1, -0.05) is 27.7 Å².